The molecular formula is C18H22ClFN6. The van der Waals surface area contributed by atoms with E-state index in [1.165, 1.54) is 6.07 Å². The van der Waals surface area contributed by atoms with Crippen LogP contribution < -0.4 is 10.6 Å². The number of aromatic nitrogens is 2. The Bertz CT molecular complexity index is 808. The summed E-state index contributed by atoms with van der Waals surface area (Å²) in [5.41, 5.74) is 9.78. The fourth-order valence-electron chi connectivity index (χ4n) is 2.20. The lowest BCUT2D eigenvalue weighted by molar-refractivity contribution is 0.619. The van der Waals surface area contributed by atoms with E-state index in [1.807, 2.05) is 0 Å². The molecule has 0 aliphatic carbocycles. The van der Waals surface area contributed by atoms with Crippen LogP contribution in [0.1, 0.15) is 37.4 Å². The zero-order chi connectivity index (χ0) is 19.1. The van der Waals surface area contributed by atoms with Crippen LogP contribution in [-0.2, 0) is 0 Å². The fourth-order valence-corrected chi connectivity index (χ4v) is 2.48. The molecule has 2 rings (SSSR count). The molecule has 1 aromatic heterocycles. The molecule has 0 radical (unpaired) electrons. The molecule has 26 heavy (non-hydrogen) atoms. The minimum atomic E-state index is -0.261. The standard InChI is InChI=1S/C18H22ClFN6/c1-4-11(2)17-15(19)10-24-18(25-17)23-9-14(26-21)8-22-13-5-6-16(20)12(3)7-13/h5-8,10-11,21-22H,4,9H2,1-3H3,(H,23,24,25)/b14-8-,26-21?. The fraction of sp³-hybridized carbons (Fsp3) is 0.333. The van der Waals surface area contributed by atoms with Crippen LogP contribution >= 0.6 is 11.6 Å². The van der Waals surface area contributed by atoms with Crippen LogP contribution in [0, 0.1) is 18.3 Å². The second-order valence-corrected chi connectivity index (χ2v) is 6.35. The zero-order valence-electron chi connectivity index (χ0n) is 15.0. The normalized spacial score (nSPS) is 12.6. The predicted octanol–water partition coefficient (Wildman–Crippen LogP) is 5.49. The highest BCUT2D eigenvalue weighted by atomic mass is 35.5. The van der Waals surface area contributed by atoms with Crippen LogP contribution in [0.2, 0.25) is 5.02 Å². The maximum absolute atomic E-state index is 13.3. The Balaban J connectivity index is 2.04. The molecule has 0 saturated carbocycles. The van der Waals surface area contributed by atoms with Crippen molar-refractivity contribution in [3.8, 4) is 0 Å². The van der Waals surface area contributed by atoms with Crippen LogP contribution in [0.4, 0.5) is 16.0 Å². The number of halogens is 2. The van der Waals surface area contributed by atoms with Gasteiger partial charge in [-0.15, -0.1) is 0 Å². The molecule has 0 aliphatic rings. The van der Waals surface area contributed by atoms with Gasteiger partial charge in [0.15, 0.2) is 0 Å². The summed E-state index contributed by atoms with van der Waals surface area (Å²) in [7, 11) is 0. The van der Waals surface area contributed by atoms with Gasteiger partial charge < -0.3 is 10.6 Å². The van der Waals surface area contributed by atoms with Gasteiger partial charge in [-0.1, -0.05) is 25.4 Å². The zero-order valence-corrected chi connectivity index (χ0v) is 15.7. The van der Waals surface area contributed by atoms with Crippen molar-refractivity contribution in [3.05, 3.63) is 58.4 Å². The van der Waals surface area contributed by atoms with Gasteiger partial charge in [-0.05, 0) is 43.0 Å². The number of aryl methyl sites for hydroxylation is 1. The maximum atomic E-state index is 13.3. The molecule has 1 unspecified atom stereocenters. The summed E-state index contributed by atoms with van der Waals surface area (Å²) in [6.07, 6.45) is 4.07. The molecule has 0 fully saturated rings. The Hall–Kier alpha value is -2.54. The van der Waals surface area contributed by atoms with E-state index in [0.717, 1.165) is 12.1 Å². The van der Waals surface area contributed by atoms with E-state index in [1.54, 1.807) is 31.5 Å². The SMILES string of the molecule is CCC(C)c1nc(NC/C(=C/Nc2ccc(F)c(C)c2)N=N)ncc1Cl. The number of nitrogens with zero attached hydrogens (tertiary/aromatic N) is 3. The lowest BCUT2D eigenvalue weighted by Crippen LogP contribution is -2.10. The highest BCUT2D eigenvalue weighted by Crippen LogP contribution is 2.25. The molecule has 1 atom stereocenters. The molecule has 0 saturated heterocycles. The third kappa shape index (κ3) is 5.23. The van der Waals surface area contributed by atoms with Crippen LogP contribution in [0.3, 0.4) is 0 Å². The van der Waals surface area contributed by atoms with E-state index in [9.17, 15) is 4.39 Å². The minimum absolute atomic E-state index is 0.227. The quantitative estimate of drug-likeness (QED) is 0.532. The van der Waals surface area contributed by atoms with Gasteiger partial charge in [-0.2, -0.15) is 5.11 Å². The highest BCUT2D eigenvalue weighted by Gasteiger charge is 2.11. The number of nitrogens with one attached hydrogen (secondary N) is 3. The molecule has 138 valence electrons. The van der Waals surface area contributed by atoms with Gasteiger partial charge in [0.1, 0.15) is 5.82 Å². The Morgan fingerprint density at radius 1 is 1.46 bits per heavy atom. The van der Waals surface area contributed by atoms with E-state index in [2.05, 4.69) is 39.6 Å². The van der Waals surface area contributed by atoms with E-state index in [-0.39, 0.29) is 18.3 Å². The summed E-state index contributed by atoms with van der Waals surface area (Å²) in [5.74, 6) is 0.394. The van der Waals surface area contributed by atoms with Crippen molar-refractivity contribution in [3.63, 3.8) is 0 Å². The van der Waals surface area contributed by atoms with Crippen molar-refractivity contribution in [1.29, 1.82) is 5.53 Å². The van der Waals surface area contributed by atoms with Crippen molar-refractivity contribution in [2.24, 2.45) is 5.11 Å². The number of hydrogen-bond donors (Lipinski definition) is 3. The van der Waals surface area contributed by atoms with Gasteiger partial charge in [-0.25, -0.2) is 19.9 Å². The highest BCUT2D eigenvalue weighted by molar-refractivity contribution is 6.31. The summed E-state index contributed by atoms with van der Waals surface area (Å²) in [5, 5.41) is 10.1. The van der Waals surface area contributed by atoms with Gasteiger partial charge in [0.25, 0.3) is 0 Å². The molecular weight excluding hydrogens is 355 g/mol. The molecule has 2 aromatic rings. The van der Waals surface area contributed by atoms with Crippen molar-refractivity contribution in [1.82, 2.24) is 9.97 Å². The lowest BCUT2D eigenvalue weighted by atomic mass is 10.1. The Morgan fingerprint density at radius 3 is 2.88 bits per heavy atom. The van der Waals surface area contributed by atoms with Gasteiger partial charge in [0, 0.05) is 11.9 Å². The summed E-state index contributed by atoms with van der Waals surface area (Å²) in [4.78, 5) is 8.60. The largest absolute Gasteiger partial charge is 0.360 e. The van der Waals surface area contributed by atoms with E-state index < -0.39 is 0 Å². The molecule has 0 amide bonds. The third-order valence-corrected chi connectivity index (χ3v) is 4.28. The first kappa shape index (κ1) is 19.8. The number of anilines is 2. The second-order valence-electron chi connectivity index (χ2n) is 5.95. The third-order valence-electron chi connectivity index (χ3n) is 3.99. The first-order chi connectivity index (χ1) is 12.4. The average molecular weight is 377 g/mol. The smallest absolute Gasteiger partial charge is 0.223 e. The van der Waals surface area contributed by atoms with Gasteiger partial charge in [0.05, 0.1) is 29.2 Å². The molecule has 1 heterocycles. The average Bonchev–Trinajstić information content (AvgIpc) is 2.65. The molecule has 8 heteroatoms. The number of rotatable bonds is 8. The van der Waals surface area contributed by atoms with E-state index in [4.69, 9.17) is 17.1 Å². The molecule has 1 aromatic carbocycles. The number of hydrogen-bond acceptors (Lipinski definition) is 6. The summed E-state index contributed by atoms with van der Waals surface area (Å²) in [6.45, 7) is 6.07. The van der Waals surface area contributed by atoms with E-state index >= 15 is 0 Å². The Labute approximate surface area is 157 Å². The molecule has 0 bridgehead atoms. The van der Waals surface area contributed by atoms with Crippen molar-refractivity contribution < 1.29 is 4.39 Å². The molecule has 0 spiro atoms. The van der Waals surface area contributed by atoms with Crippen LogP contribution in [0.25, 0.3) is 0 Å². The van der Waals surface area contributed by atoms with Crippen molar-refractivity contribution >= 4 is 23.2 Å². The predicted molar refractivity (Wildman–Crippen MR) is 102 cm³/mol. The van der Waals surface area contributed by atoms with E-state index in [0.29, 0.717) is 27.9 Å². The van der Waals surface area contributed by atoms with Crippen LogP contribution in [-0.4, -0.2) is 16.5 Å². The van der Waals surface area contributed by atoms with Crippen LogP contribution in [0.15, 0.2) is 41.4 Å². The first-order valence-electron chi connectivity index (χ1n) is 8.30. The Kier molecular flexibility index (Phi) is 7.03. The summed E-state index contributed by atoms with van der Waals surface area (Å²) < 4.78 is 13.3. The summed E-state index contributed by atoms with van der Waals surface area (Å²) >= 11 is 6.15. The topological polar surface area (TPSA) is 86.0 Å². The minimum Gasteiger partial charge on any atom is -0.360 e. The molecule has 6 nitrogen and oxygen atoms in total. The maximum Gasteiger partial charge on any atom is 0.223 e. The molecule has 0 aliphatic heterocycles. The van der Waals surface area contributed by atoms with Gasteiger partial charge in [0.2, 0.25) is 5.95 Å². The van der Waals surface area contributed by atoms with Gasteiger partial charge in [-0.3, -0.25) is 0 Å². The van der Waals surface area contributed by atoms with Gasteiger partial charge >= 0.3 is 0 Å². The number of benzene rings is 1. The van der Waals surface area contributed by atoms with Crippen molar-refractivity contribution in [2.75, 3.05) is 17.2 Å². The molecule has 3 N–H and O–H groups in total. The van der Waals surface area contributed by atoms with Crippen LogP contribution in [0.5, 0.6) is 0 Å². The first-order valence-corrected chi connectivity index (χ1v) is 8.67. The summed E-state index contributed by atoms with van der Waals surface area (Å²) in [6, 6.07) is 4.69. The van der Waals surface area contributed by atoms with Crippen molar-refractivity contribution in [2.45, 2.75) is 33.1 Å². The second kappa shape index (κ2) is 9.24. The monoisotopic (exact) mass is 376 g/mol. The Morgan fingerprint density at radius 2 is 2.23 bits per heavy atom. The lowest BCUT2D eigenvalue weighted by Gasteiger charge is -2.12.